The van der Waals surface area contributed by atoms with Crippen LogP contribution < -0.4 is 15.4 Å². The molecule has 0 aliphatic heterocycles. The van der Waals surface area contributed by atoms with Crippen molar-refractivity contribution in [1.82, 2.24) is 15.3 Å². The van der Waals surface area contributed by atoms with Gasteiger partial charge in [-0.3, -0.25) is 4.79 Å². The molecular formula is C19H24N4O2. The molecule has 0 bridgehead atoms. The number of rotatable bonds is 7. The second-order valence-electron chi connectivity index (χ2n) is 6.27. The third kappa shape index (κ3) is 4.92. The van der Waals surface area contributed by atoms with Gasteiger partial charge in [0.2, 0.25) is 0 Å². The number of methoxy groups -OCH3 is 1. The molecule has 1 amide bonds. The van der Waals surface area contributed by atoms with Crippen LogP contribution in [0.2, 0.25) is 0 Å². The molecule has 0 radical (unpaired) electrons. The van der Waals surface area contributed by atoms with Gasteiger partial charge in [0.25, 0.3) is 5.91 Å². The molecule has 6 nitrogen and oxygen atoms in total. The SMILES string of the molecule is COc1ccc(CCNc2cnc(C(=O)NC3CCCC3)cn2)cc1. The monoisotopic (exact) mass is 340 g/mol. The summed E-state index contributed by atoms with van der Waals surface area (Å²) >= 11 is 0. The number of amides is 1. The van der Waals surface area contributed by atoms with Gasteiger partial charge in [-0.25, -0.2) is 9.97 Å². The van der Waals surface area contributed by atoms with Crippen LogP contribution in [0.3, 0.4) is 0 Å². The van der Waals surface area contributed by atoms with Crippen molar-refractivity contribution < 1.29 is 9.53 Å². The van der Waals surface area contributed by atoms with Crippen LogP contribution in [-0.4, -0.2) is 35.6 Å². The van der Waals surface area contributed by atoms with Crippen molar-refractivity contribution in [3.63, 3.8) is 0 Å². The van der Waals surface area contributed by atoms with Crippen LogP contribution in [-0.2, 0) is 6.42 Å². The second kappa shape index (κ2) is 8.46. The zero-order valence-electron chi connectivity index (χ0n) is 14.5. The summed E-state index contributed by atoms with van der Waals surface area (Å²) < 4.78 is 5.15. The van der Waals surface area contributed by atoms with Crippen molar-refractivity contribution in [2.75, 3.05) is 19.0 Å². The highest BCUT2D eigenvalue weighted by atomic mass is 16.5. The molecule has 1 aliphatic carbocycles. The van der Waals surface area contributed by atoms with Gasteiger partial charge in [-0.2, -0.15) is 0 Å². The van der Waals surface area contributed by atoms with E-state index in [9.17, 15) is 4.79 Å². The number of aromatic nitrogens is 2. The first-order valence-electron chi connectivity index (χ1n) is 8.74. The van der Waals surface area contributed by atoms with Crippen LogP contribution in [0, 0.1) is 0 Å². The normalized spacial score (nSPS) is 14.3. The average molecular weight is 340 g/mol. The Labute approximate surface area is 148 Å². The van der Waals surface area contributed by atoms with Gasteiger partial charge in [-0.15, -0.1) is 0 Å². The lowest BCUT2D eigenvalue weighted by molar-refractivity contribution is 0.0932. The zero-order chi connectivity index (χ0) is 17.5. The van der Waals surface area contributed by atoms with E-state index in [4.69, 9.17) is 4.74 Å². The maximum Gasteiger partial charge on any atom is 0.271 e. The standard InChI is InChI=1S/C19H24N4O2/c1-25-16-8-6-14(7-9-16)10-11-20-18-13-21-17(12-22-18)19(24)23-15-4-2-3-5-15/h6-9,12-13,15H,2-5,10-11H2,1H3,(H,20,22)(H,23,24). The van der Waals surface area contributed by atoms with Gasteiger partial charge < -0.3 is 15.4 Å². The number of hydrogen-bond donors (Lipinski definition) is 2. The largest absolute Gasteiger partial charge is 0.497 e. The summed E-state index contributed by atoms with van der Waals surface area (Å²) in [5.41, 5.74) is 1.58. The Hall–Kier alpha value is -2.63. The summed E-state index contributed by atoms with van der Waals surface area (Å²) in [4.78, 5) is 20.6. The molecule has 2 aromatic rings. The molecule has 0 saturated heterocycles. The van der Waals surface area contributed by atoms with E-state index < -0.39 is 0 Å². The van der Waals surface area contributed by atoms with Gasteiger partial charge in [0.05, 0.1) is 19.5 Å². The first kappa shape index (κ1) is 17.2. The highest BCUT2D eigenvalue weighted by molar-refractivity contribution is 5.92. The number of carbonyl (C=O) groups excluding carboxylic acids is 1. The number of nitrogens with zero attached hydrogens (tertiary/aromatic N) is 2. The highest BCUT2D eigenvalue weighted by Gasteiger charge is 2.18. The lowest BCUT2D eigenvalue weighted by Gasteiger charge is -2.11. The van der Waals surface area contributed by atoms with Crippen LogP contribution in [0.1, 0.15) is 41.7 Å². The van der Waals surface area contributed by atoms with E-state index in [-0.39, 0.29) is 11.9 Å². The average Bonchev–Trinajstić information content (AvgIpc) is 3.16. The maximum atomic E-state index is 12.1. The van der Waals surface area contributed by atoms with E-state index in [1.807, 2.05) is 24.3 Å². The smallest absolute Gasteiger partial charge is 0.271 e. The second-order valence-corrected chi connectivity index (χ2v) is 6.27. The number of carbonyl (C=O) groups is 1. The minimum Gasteiger partial charge on any atom is -0.497 e. The summed E-state index contributed by atoms with van der Waals surface area (Å²) in [5.74, 6) is 1.39. The summed E-state index contributed by atoms with van der Waals surface area (Å²) in [7, 11) is 1.66. The van der Waals surface area contributed by atoms with Crippen molar-refractivity contribution in [1.29, 1.82) is 0 Å². The van der Waals surface area contributed by atoms with E-state index >= 15 is 0 Å². The van der Waals surface area contributed by atoms with Gasteiger partial charge in [0, 0.05) is 12.6 Å². The highest BCUT2D eigenvalue weighted by Crippen LogP contribution is 2.18. The van der Waals surface area contributed by atoms with Crippen molar-refractivity contribution in [3.05, 3.63) is 47.9 Å². The van der Waals surface area contributed by atoms with E-state index in [1.165, 1.54) is 24.6 Å². The predicted molar refractivity (Wildman–Crippen MR) is 96.9 cm³/mol. The minimum absolute atomic E-state index is 0.135. The molecule has 1 saturated carbocycles. The Bertz CT molecular complexity index is 680. The molecule has 1 aromatic carbocycles. The topological polar surface area (TPSA) is 76.1 Å². The van der Waals surface area contributed by atoms with Crippen molar-refractivity contribution >= 4 is 11.7 Å². The van der Waals surface area contributed by atoms with E-state index in [1.54, 1.807) is 13.3 Å². The lowest BCUT2D eigenvalue weighted by atomic mass is 10.1. The molecule has 25 heavy (non-hydrogen) atoms. The molecule has 0 atom stereocenters. The van der Waals surface area contributed by atoms with E-state index in [0.717, 1.165) is 31.6 Å². The van der Waals surface area contributed by atoms with Crippen LogP contribution in [0.5, 0.6) is 5.75 Å². The quantitative estimate of drug-likeness (QED) is 0.810. The predicted octanol–water partition coefficient (Wildman–Crippen LogP) is 2.81. The molecule has 1 aliphatic rings. The van der Waals surface area contributed by atoms with Crippen molar-refractivity contribution in [3.8, 4) is 5.75 Å². The molecule has 0 spiro atoms. The third-order valence-electron chi connectivity index (χ3n) is 4.45. The Morgan fingerprint density at radius 2 is 1.92 bits per heavy atom. The lowest BCUT2D eigenvalue weighted by Crippen LogP contribution is -2.33. The number of hydrogen-bond acceptors (Lipinski definition) is 5. The molecule has 3 rings (SSSR count). The van der Waals surface area contributed by atoms with Gasteiger partial charge in [0.15, 0.2) is 0 Å². The summed E-state index contributed by atoms with van der Waals surface area (Å²) in [6.45, 7) is 0.745. The number of benzene rings is 1. The zero-order valence-corrected chi connectivity index (χ0v) is 14.5. The fourth-order valence-corrected chi connectivity index (χ4v) is 2.99. The van der Waals surface area contributed by atoms with Gasteiger partial charge in [-0.05, 0) is 37.0 Å². The Kier molecular flexibility index (Phi) is 5.82. The molecular weight excluding hydrogens is 316 g/mol. The molecule has 132 valence electrons. The number of anilines is 1. The molecule has 2 N–H and O–H groups in total. The maximum absolute atomic E-state index is 12.1. The van der Waals surface area contributed by atoms with Crippen LogP contribution >= 0.6 is 0 Å². The third-order valence-corrected chi connectivity index (χ3v) is 4.45. The molecule has 1 aromatic heterocycles. The molecule has 1 heterocycles. The van der Waals surface area contributed by atoms with E-state index in [2.05, 4.69) is 20.6 Å². The summed E-state index contributed by atoms with van der Waals surface area (Å²) in [5, 5.41) is 6.24. The molecule has 0 unspecified atom stereocenters. The van der Waals surface area contributed by atoms with Crippen molar-refractivity contribution in [2.24, 2.45) is 0 Å². The summed E-state index contributed by atoms with van der Waals surface area (Å²) in [6.07, 6.45) is 8.50. The van der Waals surface area contributed by atoms with Crippen molar-refractivity contribution in [2.45, 2.75) is 38.1 Å². The van der Waals surface area contributed by atoms with E-state index in [0.29, 0.717) is 11.5 Å². The Morgan fingerprint density at radius 1 is 1.16 bits per heavy atom. The molecule has 1 fully saturated rings. The first-order chi connectivity index (χ1) is 12.2. The number of ether oxygens (including phenoxy) is 1. The van der Waals surface area contributed by atoms with Gasteiger partial charge >= 0.3 is 0 Å². The van der Waals surface area contributed by atoms with Gasteiger partial charge in [0.1, 0.15) is 17.3 Å². The van der Waals surface area contributed by atoms with Gasteiger partial charge in [-0.1, -0.05) is 25.0 Å². The number of nitrogens with one attached hydrogen (secondary N) is 2. The Balaban J connectivity index is 1.45. The fourth-order valence-electron chi connectivity index (χ4n) is 2.99. The van der Waals surface area contributed by atoms with Crippen LogP contribution in [0.15, 0.2) is 36.7 Å². The Morgan fingerprint density at radius 3 is 2.56 bits per heavy atom. The molecule has 6 heteroatoms. The minimum atomic E-state index is -0.135. The fraction of sp³-hybridized carbons (Fsp3) is 0.421. The van der Waals surface area contributed by atoms with Crippen LogP contribution in [0.4, 0.5) is 5.82 Å². The first-order valence-corrected chi connectivity index (χ1v) is 8.74. The summed E-state index contributed by atoms with van der Waals surface area (Å²) in [6, 6.07) is 8.28. The van der Waals surface area contributed by atoms with Crippen LogP contribution in [0.25, 0.3) is 0 Å².